The summed E-state index contributed by atoms with van der Waals surface area (Å²) in [5.74, 6) is 0.907. The van der Waals surface area contributed by atoms with Crippen LogP contribution in [0.2, 0.25) is 10.0 Å². The van der Waals surface area contributed by atoms with Crippen LogP contribution in [0.15, 0.2) is 71.7 Å². The first-order valence-corrected chi connectivity index (χ1v) is 10.5. The van der Waals surface area contributed by atoms with Crippen molar-refractivity contribution in [3.8, 4) is 0 Å². The summed E-state index contributed by atoms with van der Waals surface area (Å²) < 4.78 is 1.53. The third-order valence-corrected chi connectivity index (χ3v) is 5.61. The number of rotatable bonds is 7. The van der Waals surface area contributed by atoms with Crippen molar-refractivity contribution >= 4 is 46.6 Å². The minimum atomic E-state index is -0.157. The fourth-order valence-electron chi connectivity index (χ4n) is 2.58. The highest BCUT2D eigenvalue weighted by Gasteiger charge is 2.07. The molecule has 0 spiro atoms. The maximum Gasteiger partial charge on any atom is 0.250 e. The zero-order valence-corrected chi connectivity index (χ0v) is 17.2. The number of nitrogens with one attached hydrogen (secondary N) is 1. The predicted molar refractivity (Wildman–Crippen MR) is 117 cm³/mol. The van der Waals surface area contributed by atoms with E-state index in [0.717, 1.165) is 16.9 Å². The molecule has 0 aliphatic rings. The topological polar surface area (TPSA) is 51.1 Å². The molecule has 0 radical (unpaired) electrons. The Kier molecular flexibility index (Phi) is 7.20. The molecule has 1 heterocycles. The van der Waals surface area contributed by atoms with Crippen LogP contribution in [0, 0.1) is 0 Å². The molecule has 7 heteroatoms. The van der Waals surface area contributed by atoms with Crippen molar-refractivity contribution < 1.29 is 4.79 Å². The lowest BCUT2D eigenvalue weighted by molar-refractivity contribution is -0.113. The van der Waals surface area contributed by atoms with Crippen LogP contribution < -0.4 is 10.9 Å². The fraction of sp³-hybridized carbons (Fsp3) is 0.143. The number of hydrogen-bond acceptors (Lipinski definition) is 3. The second kappa shape index (κ2) is 9.82. The summed E-state index contributed by atoms with van der Waals surface area (Å²) in [5, 5.41) is 4.12. The highest BCUT2D eigenvalue weighted by Crippen LogP contribution is 2.17. The van der Waals surface area contributed by atoms with Crippen LogP contribution in [-0.2, 0) is 17.1 Å². The number of nitrogens with zero attached hydrogens (tertiary/aromatic N) is 1. The van der Waals surface area contributed by atoms with E-state index in [1.165, 1.54) is 22.4 Å². The van der Waals surface area contributed by atoms with Gasteiger partial charge in [-0.15, -0.1) is 11.8 Å². The number of halogens is 2. The molecular formula is C21H18Cl2N2O2S. The predicted octanol–water partition coefficient (Wildman–Crippen LogP) is 5.08. The number of anilines is 1. The Morgan fingerprint density at radius 2 is 1.75 bits per heavy atom. The van der Waals surface area contributed by atoms with Crippen LogP contribution in [0.4, 0.5) is 5.69 Å². The fourth-order valence-corrected chi connectivity index (χ4v) is 3.69. The minimum Gasteiger partial charge on any atom is -0.324 e. The van der Waals surface area contributed by atoms with E-state index in [1.807, 2.05) is 42.5 Å². The van der Waals surface area contributed by atoms with Gasteiger partial charge in [0.1, 0.15) is 0 Å². The van der Waals surface area contributed by atoms with Gasteiger partial charge in [-0.25, -0.2) is 0 Å². The lowest BCUT2D eigenvalue weighted by Crippen LogP contribution is -2.21. The minimum absolute atomic E-state index is 0.123. The zero-order valence-electron chi connectivity index (χ0n) is 14.9. The molecule has 0 atom stereocenters. The van der Waals surface area contributed by atoms with Crippen LogP contribution in [-0.4, -0.2) is 16.2 Å². The quantitative estimate of drug-likeness (QED) is 0.566. The monoisotopic (exact) mass is 432 g/mol. The Morgan fingerprint density at radius 3 is 2.50 bits per heavy atom. The van der Waals surface area contributed by atoms with Gasteiger partial charge in [-0.2, -0.15) is 0 Å². The van der Waals surface area contributed by atoms with Crippen LogP contribution in [0.25, 0.3) is 0 Å². The van der Waals surface area contributed by atoms with Gasteiger partial charge in [0.05, 0.1) is 18.0 Å². The summed E-state index contributed by atoms with van der Waals surface area (Å²) >= 11 is 13.5. The number of amides is 1. The van der Waals surface area contributed by atoms with Crippen molar-refractivity contribution in [1.82, 2.24) is 4.57 Å². The van der Waals surface area contributed by atoms with Crippen LogP contribution >= 0.6 is 35.0 Å². The summed E-state index contributed by atoms with van der Waals surface area (Å²) in [6.45, 7) is 0.341. The number of benzene rings is 2. The first-order chi connectivity index (χ1) is 13.5. The summed E-state index contributed by atoms with van der Waals surface area (Å²) in [7, 11) is 0. The lowest BCUT2D eigenvalue weighted by Gasteiger charge is -2.11. The zero-order chi connectivity index (χ0) is 19.9. The average molecular weight is 433 g/mol. The van der Waals surface area contributed by atoms with Gasteiger partial charge in [-0.1, -0.05) is 53.5 Å². The Balaban J connectivity index is 1.58. The van der Waals surface area contributed by atoms with E-state index < -0.39 is 0 Å². The van der Waals surface area contributed by atoms with Crippen LogP contribution in [0.5, 0.6) is 0 Å². The van der Waals surface area contributed by atoms with Gasteiger partial charge in [-0.3, -0.25) is 9.59 Å². The number of thioether (sulfide) groups is 1. The number of carbonyl (C=O) groups excluding carboxylic acids is 1. The van der Waals surface area contributed by atoms with Gasteiger partial charge in [-0.05, 0) is 35.4 Å². The molecule has 3 rings (SSSR count). The molecule has 0 bridgehead atoms. The van der Waals surface area contributed by atoms with Gasteiger partial charge in [0.2, 0.25) is 5.91 Å². The molecule has 28 heavy (non-hydrogen) atoms. The smallest absolute Gasteiger partial charge is 0.250 e. The molecular weight excluding hydrogens is 415 g/mol. The molecule has 3 aromatic rings. The maximum atomic E-state index is 12.2. The first kappa shape index (κ1) is 20.5. The molecule has 0 fully saturated rings. The number of hydrogen-bond donors (Lipinski definition) is 1. The van der Waals surface area contributed by atoms with Crippen molar-refractivity contribution in [1.29, 1.82) is 0 Å². The standard InChI is InChI=1S/C21H18Cl2N2O2S/c22-17-7-5-15(6-8-17)13-28-14-20(26)24-18-9-10-21(27)25(12-18)11-16-3-1-2-4-19(16)23/h1-10,12H,11,13-14H2,(H,24,26). The molecule has 144 valence electrons. The Bertz CT molecular complexity index is 1020. The van der Waals surface area contributed by atoms with E-state index in [4.69, 9.17) is 23.2 Å². The molecule has 1 amide bonds. The normalized spacial score (nSPS) is 10.6. The molecule has 0 aliphatic carbocycles. The van der Waals surface area contributed by atoms with Crippen LogP contribution in [0.3, 0.4) is 0 Å². The van der Waals surface area contributed by atoms with Crippen molar-refractivity contribution in [2.24, 2.45) is 0 Å². The average Bonchev–Trinajstić information content (AvgIpc) is 2.68. The van der Waals surface area contributed by atoms with E-state index in [1.54, 1.807) is 18.3 Å². The van der Waals surface area contributed by atoms with Gasteiger partial charge in [0.15, 0.2) is 0 Å². The van der Waals surface area contributed by atoms with Crippen LogP contribution in [0.1, 0.15) is 11.1 Å². The summed E-state index contributed by atoms with van der Waals surface area (Å²) in [5.41, 5.74) is 2.36. The molecule has 1 aromatic heterocycles. The number of carbonyl (C=O) groups is 1. The van der Waals surface area contributed by atoms with Crippen molar-refractivity contribution in [2.45, 2.75) is 12.3 Å². The Morgan fingerprint density at radius 1 is 1.00 bits per heavy atom. The molecule has 0 saturated carbocycles. The summed E-state index contributed by atoms with van der Waals surface area (Å²) in [6.07, 6.45) is 1.63. The second-order valence-corrected chi connectivity index (χ2v) is 7.97. The van der Waals surface area contributed by atoms with Gasteiger partial charge in [0.25, 0.3) is 5.56 Å². The SMILES string of the molecule is O=C(CSCc1ccc(Cl)cc1)Nc1ccc(=O)n(Cc2ccccc2Cl)c1. The van der Waals surface area contributed by atoms with Crippen molar-refractivity contribution in [3.63, 3.8) is 0 Å². The Hall–Kier alpha value is -2.21. The second-order valence-electron chi connectivity index (χ2n) is 6.14. The summed E-state index contributed by atoms with van der Waals surface area (Å²) in [4.78, 5) is 24.3. The van der Waals surface area contributed by atoms with Crippen molar-refractivity contribution in [3.05, 3.63) is 98.4 Å². The lowest BCUT2D eigenvalue weighted by atomic mass is 10.2. The van der Waals surface area contributed by atoms with E-state index in [0.29, 0.717) is 28.0 Å². The number of aromatic nitrogens is 1. The van der Waals surface area contributed by atoms with E-state index >= 15 is 0 Å². The molecule has 0 aliphatic heterocycles. The maximum absolute atomic E-state index is 12.2. The molecule has 4 nitrogen and oxygen atoms in total. The van der Waals surface area contributed by atoms with E-state index in [9.17, 15) is 9.59 Å². The van der Waals surface area contributed by atoms with Gasteiger partial charge < -0.3 is 9.88 Å². The van der Waals surface area contributed by atoms with Crippen molar-refractivity contribution in [2.75, 3.05) is 11.1 Å². The molecule has 0 unspecified atom stereocenters. The third-order valence-electron chi connectivity index (χ3n) is 3.98. The molecule has 1 N–H and O–H groups in total. The number of pyridine rings is 1. The van der Waals surface area contributed by atoms with E-state index in [2.05, 4.69) is 5.32 Å². The van der Waals surface area contributed by atoms with Gasteiger partial charge >= 0.3 is 0 Å². The first-order valence-electron chi connectivity index (χ1n) is 8.57. The largest absolute Gasteiger partial charge is 0.324 e. The highest BCUT2D eigenvalue weighted by molar-refractivity contribution is 7.99. The molecule has 0 saturated heterocycles. The molecule has 2 aromatic carbocycles. The summed E-state index contributed by atoms with van der Waals surface area (Å²) in [6, 6.07) is 18.0. The van der Waals surface area contributed by atoms with E-state index in [-0.39, 0.29) is 11.5 Å². The highest BCUT2D eigenvalue weighted by atomic mass is 35.5. The van der Waals surface area contributed by atoms with Gasteiger partial charge in [0, 0.05) is 28.1 Å². The Labute approximate surface area is 177 Å². The third kappa shape index (κ3) is 5.89.